The van der Waals surface area contributed by atoms with Gasteiger partial charge in [0.15, 0.2) is 0 Å². The molecule has 0 aliphatic carbocycles. The Labute approximate surface area is 130 Å². The minimum absolute atomic E-state index is 0.0627. The van der Waals surface area contributed by atoms with Crippen molar-refractivity contribution in [2.45, 2.75) is 50.6 Å². The molecule has 0 bridgehead atoms. The fourth-order valence-electron chi connectivity index (χ4n) is 3.72. The average Bonchev–Trinajstić information content (AvgIpc) is 2.90. The Kier molecular flexibility index (Phi) is 4.08. The Morgan fingerprint density at radius 2 is 1.82 bits per heavy atom. The fourth-order valence-corrected chi connectivity index (χ4v) is 3.72. The SMILES string of the molecule is CC(C(=O)N1CCC2(C1)NC(=O)NC2=O)N1CCCCCC1. The Morgan fingerprint density at radius 1 is 1.14 bits per heavy atom. The highest BCUT2D eigenvalue weighted by atomic mass is 16.2. The molecule has 0 saturated carbocycles. The number of carbonyl (C=O) groups is 3. The third-order valence-electron chi connectivity index (χ3n) is 5.14. The van der Waals surface area contributed by atoms with Crippen molar-refractivity contribution in [3.8, 4) is 0 Å². The van der Waals surface area contributed by atoms with Gasteiger partial charge in [-0.1, -0.05) is 12.8 Å². The number of imide groups is 1. The van der Waals surface area contributed by atoms with E-state index in [0.717, 1.165) is 25.9 Å². The van der Waals surface area contributed by atoms with Crippen LogP contribution >= 0.6 is 0 Å². The van der Waals surface area contributed by atoms with Crippen LogP contribution in [0.3, 0.4) is 0 Å². The Balaban J connectivity index is 1.63. The third-order valence-corrected chi connectivity index (χ3v) is 5.14. The largest absolute Gasteiger partial charge is 0.338 e. The van der Waals surface area contributed by atoms with Crippen molar-refractivity contribution in [1.29, 1.82) is 0 Å². The monoisotopic (exact) mass is 308 g/mol. The average molecular weight is 308 g/mol. The Morgan fingerprint density at radius 3 is 2.41 bits per heavy atom. The van der Waals surface area contributed by atoms with E-state index < -0.39 is 11.6 Å². The van der Waals surface area contributed by atoms with Crippen molar-refractivity contribution < 1.29 is 14.4 Å². The van der Waals surface area contributed by atoms with Crippen LogP contribution in [-0.2, 0) is 9.59 Å². The van der Waals surface area contributed by atoms with Crippen LogP contribution in [0.1, 0.15) is 39.0 Å². The van der Waals surface area contributed by atoms with Gasteiger partial charge in [0.25, 0.3) is 5.91 Å². The van der Waals surface area contributed by atoms with Crippen molar-refractivity contribution in [3.63, 3.8) is 0 Å². The topological polar surface area (TPSA) is 81.8 Å². The summed E-state index contributed by atoms with van der Waals surface area (Å²) in [4.78, 5) is 40.0. The van der Waals surface area contributed by atoms with Gasteiger partial charge in [-0.05, 0) is 39.3 Å². The Bertz CT molecular complexity index is 487. The molecule has 3 heterocycles. The van der Waals surface area contributed by atoms with Gasteiger partial charge in [0.2, 0.25) is 5.91 Å². The molecule has 0 aromatic carbocycles. The van der Waals surface area contributed by atoms with Crippen LogP contribution in [-0.4, -0.2) is 65.4 Å². The van der Waals surface area contributed by atoms with Crippen LogP contribution in [0.15, 0.2) is 0 Å². The maximum atomic E-state index is 12.7. The molecule has 22 heavy (non-hydrogen) atoms. The zero-order valence-corrected chi connectivity index (χ0v) is 13.1. The smallest absolute Gasteiger partial charge is 0.322 e. The number of nitrogens with zero attached hydrogens (tertiary/aromatic N) is 2. The predicted octanol–water partition coefficient (Wildman–Crippen LogP) is 0.0614. The number of nitrogens with one attached hydrogen (secondary N) is 2. The first-order chi connectivity index (χ1) is 10.5. The molecule has 3 aliphatic rings. The molecule has 4 amide bonds. The number of carbonyl (C=O) groups excluding carboxylic acids is 3. The van der Waals surface area contributed by atoms with Crippen molar-refractivity contribution in [2.24, 2.45) is 0 Å². The molecular weight excluding hydrogens is 284 g/mol. The van der Waals surface area contributed by atoms with E-state index in [9.17, 15) is 14.4 Å². The van der Waals surface area contributed by atoms with Crippen LogP contribution < -0.4 is 10.6 Å². The number of likely N-dealkylation sites (tertiary alicyclic amines) is 2. The summed E-state index contributed by atoms with van der Waals surface area (Å²) in [6, 6.07) is -0.617. The van der Waals surface area contributed by atoms with Crippen LogP contribution in [0.2, 0.25) is 0 Å². The maximum Gasteiger partial charge on any atom is 0.322 e. The predicted molar refractivity (Wildman–Crippen MR) is 80.1 cm³/mol. The van der Waals surface area contributed by atoms with Gasteiger partial charge >= 0.3 is 6.03 Å². The standard InChI is InChI=1S/C15H24N4O3/c1-11(18-7-4-2-3-5-8-18)12(20)19-9-6-15(10-19)13(21)16-14(22)17-15/h11H,2-10H2,1H3,(H2,16,17,21,22). The molecule has 3 rings (SSSR count). The molecule has 7 nitrogen and oxygen atoms in total. The normalized spacial score (nSPS) is 31.0. The molecule has 2 atom stereocenters. The van der Waals surface area contributed by atoms with Crippen LogP contribution in [0.5, 0.6) is 0 Å². The molecule has 2 unspecified atom stereocenters. The number of urea groups is 1. The summed E-state index contributed by atoms with van der Waals surface area (Å²) in [5, 5.41) is 4.96. The summed E-state index contributed by atoms with van der Waals surface area (Å²) in [5.41, 5.74) is -0.911. The number of rotatable bonds is 2. The molecule has 3 saturated heterocycles. The van der Waals surface area contributed by atoms with Crippen LogP contribution in [0.25, 0.3) is 0 Å². The van der Waals surface area contributed by atoms with Crippen molar-refractivity contribution in [3.05, 3.63) is 0 Å². The highest BCUT2D eigenvalue weighted by molar-refractivity contribution is 6.07. The second kappa shape index (κ2) is 5.87. The Hall–Kier alpha value is -1.63. The quantitative estimate of drug-likeness (QED) is 0.707. The molecule has 2 N–H and O–H groups in total. The lowest BCUT2D eigenvalue weighted by Crippen LogP contribution is -2.52. The molecular formula is C15H24N4O3. The van der Waals surface area contributed by atoms with Gasteiger partial charge in [-0.25, -0.2) is 4.79 Å². The van der Waals surface area contributed by atoms with Gasteiger partial charge in [0, 0.05) is 6.54 Å². The molecule has 0 aromatic rings. The van der Waals surface area contributed by atoms with Crippen LogP contribution in [0.4, 0.5) is 4.79 Å². The van der Waals surface area contributed by atoms with E-state index in [1.165, 1.54) is 12.8 Å². The zero-order valence-electron chi connectivity index (χ0n) is 13.1. The van der Waals surface area contributed by atoms with E-state index in [1.807, 2.05) is 6.92 Å². The lowest BCUT2D eigenvalue weighted by Gasteiger charge is -2.30. The highest BCUT2D eigenvalue weighted by Crippen LogP contribution is 2.26. The molecule has 3 fully saturated rings. The van der Waals surface area contributed by atoms with E-state index in [2.05, 4.69) is 15.5 Å². The summed E-state index contributed by atoms with van der Waals surface area (Å²) < 4.78 is 0. The number of hydrogen-bond acceptors (Lipinski definition) is 4. The maximum absolute atomic E-state index is 12.7. The highest BCUT2D eigenvalue weighted by Gasteiger charge is 2.52. The lowest BCUT2D eigenvalue weighted by molar-refractivity contribution is -0.135. The number of hydrogen-bond donors (Lipinski definition) is 2. The fraction of sp³-hybridized carbons (Fsp3) is 0.800. The van der Waals surface area contributed by atoms with Crippen molar-refractivity contribution >= 4 is 17.8 Å². The van der Waals surface area contributed by atoms with Gasteiger partial charge in [-0.2, -0.15) is 0 Å². The number of amides is 4. The zero-order chi connectivity index (χ0) is 15.7. The van der Waals surface area contributed by atoms with Gasteiger partial charge in [-0.3, -0.25) is 19.8 Å². The van der Waals surface area contributed by atoms with Gasteiger partial charge in [0.1, 0.15) is 5.54 Å². The summed E-state index contributed by atoms with van der Waals surface area (Å²) >= 11 is 0. The van der Waals surface area contributed by atoms with Gasteiger partial charge in [0.05, 0.1) is 12.6 Å². The molecule has 1 spiro atoms. The molecule has 0 aromatic heterocycles. The van der Waals surface area contributed by atoms with Gasteiger partial charge < -0.3 is 10.2 Å². The summed E-state index contributed by atoms with van der Waals surface area (Å²) in [6.07, 6.45) is 5.23. The van der Waals surface area contributed by atoms with Crippen molar-refractivity contribution in [1.82, 2.24) is 20.4 Å². The van der Waals surface area contributed by atoms with E-state index in [-0.39, 0.29) is 24.4 Å². The van der Waals surface area contributed by atoms with Crippen molar-refractivity contribution in [2.75, 3.05) is 26.2 Å². The minimum Gasteiger partial charge on any atom is -0.338 e. The summed E-state index contributed by atoms with van der Waals surface area (Å²) in [5.74, 6) is -0.247. The molecule has 122 valence electrons. The summed E-state index contributed by atoms with van der Waals surface area (Å²) in [6.45, 7) is 4.67. The second-order valence-corrected chi connectivity index (χ2v) is 6.63. The van der Waals surface area contributed by atoms with Gasteiger partial charge in [-0.15, -0.1) is 0 Å². The molecule has 0 radical (unpaired) electrons. The first-order valence-electron chi connectivity index (χ1n) is 8.18. The first kappa shape index (κ1) is 15.3. The summed E-state index contributed by atoms with van der Waals surface area (Å²) in [7, 11) is 0. The molecule has 7 heteroatoms. The van der Waals surface area contributed by atoms with E-state index in [1.54, 1.807) is 4.90 Å². The van der Waals surface area contributed by atoms with E-state index in [0.29, 0.717) is 13.0 Å². The minimum atomic E-state index is -0.911. The second-order valence-electron chi connectivity index (χ2n) is 6.63. The van der Waals surface area contributed by atoms with Crippen LogP contribution in [0, 0.1) is 0 Å². The molecule has 3 aliphatic heterocycles. The third kappa shape index (κ3) is 2.69. The van der Waals surface area contributed by atoms with E-state index >= 15 is 0 Å². The lowest BCUT2D eigenvalue weighted by atomic mass is 9.99. The van der Waals surface area contributed by atoms with E-state index in [4.69, 9.17) is 0 Å². The first-order valence-corrected chi connectivity index (χ1v) is 8.18.